The number of quaternary nitrogens is 1. The minimum atomic E-state index is -1.62. The van der Waals surface area contributed by atoms with Gasteiger partial charge in [-0.2, -0.15) is 0 Å². The molecule has 562 valence electrons. The van der Waals surface area contributed by atoms with Crippen molar-refractivity contribution in [3.05, 3.63) is 97.2 Å². The number of carbonyl (C=O) groups excluding carboxylic acids is 3. The molecule has 0 amide bonds. The number of esters is 2. The average Bonchev–Trinajstić information content (AvgIpc) is 3.11. The van der Waals surface area contributed by atoms with Gasteiger partial charge in [-0.05, 0) is 96.3 Å². The van der Waals surface area contributed by atoms with Crippen LogP contribution in [0.25, 0.3) is 0 Å². The van der Waals surface area contributed by atoms with E-state index in [0.717, 1.165) is 77.0 Å². The van der Waals surface area contributed by atoms with E-state index in [9.17, 15) is 19.5 Å². The molecule has 0 aliphatic rings. The lowest BCUT2D eigenvalue weighted by molar-refractivity contribution is -0.870. The summed E-state index contributed by atoms with van der Waals surface area (Å²) in [6.45, 7) is 4.68. The molecule has 2 atom stereocenters. The number of rotatable bonds is 77. The van der Waals surface area contributed by atoms with Crippen LogP contribution in [-0.4, -0.2) is 82.3 Å². The van der Waals surface area contributed by atoms with Gasteiger partial charge in [-0.25, -0.2) is 0 Å². The van der Waals surface area contributed by atoms with Gasteiger partial charge in [-0.1, -0.05) is 374 Å². The maximum absolute atomic E-state index is 13.0. The molecule has 97 heavy (non-hydrogen) atoms. The number of nitrogens with zero attached hydrogens (tertiary/aromatic N) is 1. The number of carboxylic acids is 1. The summed E-state index contributed by atoms with van der Waals surface area (Å²) < 4.78 is 22.9. The molecule has 0 aliphatic carbocycles. The normalized spacial score (nSPS) is 13.1. The minimum Gasteiger partial charge on any atom is -0.545 e. The monoisotopic (exact) mass is 1360 g/mol. The number of hydrogen-bond acceptors (Lipinski definition) is 8. The van der Waals surface area contributed by atoms with Crippen molar-refractivity contribution >= 4 is 17.9 Å². The Bertz CT molecular complexity index is 1920. The van der Waals surface area contributed by atoms with E-state index < -0.39 is 24.3 Å². The predicted molar refractivity (Wildman–Crippen MR) is 417 cm³/mol. The number of likely N-dealkylation sites (N-methyl/N-ethyl adjacent to an activating group) is 1. The Kier molecular flexibility index (Phi) is 74.9. The quantitative estimate of drug-likeness (QED) is 0.0195. The van der Waals surface area contributed by atoms with Gasteiger partial charge in [0.2, 0.25) is 0 Å². The lowest BCUT2D eigenvalue weighted by Gasteiger charge is -2.26. The van der Waals surface area contributed by atoms with E-state index >= 15 is 0 Å². The molecule has 0 radical (unpaired) electrons. The standard InChI is InChI=1S/C88H157NO8/c1-6-8-10-12-14-16-18-20-22-24-26-28-30-32-34-36-38-40-42-43-45-47-49-51-53-55-57-59-61-63-65-67-69-71-73-75-77-79-86(91)97-84(83-96-88(87(92)93)94-81-80-89(3,4)5)82-95-85(90)78-76-74-72-70-68-66-64-62-60-58-56-54-52-50-48-46-44-41-39-37-35-33-31-29-27-25-23-21-19-17-15-13-11-9-7-2/h8,10,14,16,19-22,25-28,32,34,38,40,84,88H,6-7,9,11-13,15,17-18,23-24,29-31,33,35-37,39,41-83H2,1-5H3/b10-8-,16-14-,21-19-,22-20-,27-25-,28-26-,34-32-,40-38-. The molecule has 0 N–H and O–H groups in total. The van der Waals surface area contributed by atoms with Crippen molar-refractivity contribution in [1.82, 2.24) is 0 Å². The van der Waals surface area contributed by atoms with Crippen LogP contribution in [0.3, 0.4) is 0 Å². The van der Waals surface area contributed by atoms with E-state index in [-0.39, 0.29) is 32.2 Å². The molecule has 0 aromatic carbocycles. The van der Waals surface area contributed by atoms with Crippen LogP contribution in [0.15, 0.2) is 97.2 Å². The summed E-state index contributed by atoms with van der Waals surface area (Å²) in [4.78, 5) is 37.6. The Labute approximate surface area is 601 Å². The fraction of sp³-hybridized carbons (Fsp3) is 0.784. The Morgan fingerprint density at radius 2 is 0.588 bits per heavy atom. The van der Waals surface area contributed by atoms with Crippen molar-refractivity contribution in [1.29, 1.82) is 0 Å². The molecule has 0 saturated heterocycles. The summed E-state index contributed by atoms with van der Waals surface area (Å²) in [7, 11) is 5.95. The molecule has 0 bridgehead atoms. The Morgan fingerprint density at radius 1 is 0.320 bits per heavy atom. The summed E-state index contributed by atoms with van der Waals surface area (Å²) in [5.41, 5.74) is 0. The van der Waals surface area contributed by atoms with Gasteiger partial charge >= 0.3 is 11.9 Å². The second-order valence-electron chi connectivity index (χ2n) is 29.0. The first-order valence-corrected chi connectivity index (χ1v) is 41.4. The highest BCUT2D eigenvalue weighted by Crippen LogP contribution is 2.19. The Balaban J connectivity index is 3.98. The summed E-state index contributed by atoms with van der Waals surface area (Å²) in [6.07, 6.45) is 105. The van der Waals surface area contributed by atoms with Crippen molar-refractivity contribution < 1.29 is 42.9 Å². The van der Waals surface area contributed by atoms with Gasteiger partial charge in [0.25, 0.3) is 0 Å². The number of allylic oxidation sites excluding steroid dienone is 16. The number of hydrogen-bond donors (Lipinski definition) is 0. The lowest BCUT2D eigenvalue weighted by Crippen LogP contribution is -2.44. The van der Waals surface area contributed by atoms with E-state index in [1.54, 1.807) is 0 Å². The molecule has 0 rings (SSSR count). The number of carbonyl (C=O) groups is 3. The van der Waals surface area contributed by atoms with Crippen molar-refractivity contribution in [3.63, 3.8) is 0 Å². The molecule has 0 fully saturated rings. The highest BCUT2D eigenvalue weighted by Gasteiger charge is 2.22. The van der Waals surface area contributed by atoms with Crippen molar-refractivity contribution in [2.45, 2.75) is 399 Å². The van der Waals surface area contributed by atoms with Crippen LogP contribution in [0.5, 0.6) is 0 Å². The predicted octanol–water partition coefficient (Wildman–Crippen LogP) is 25.4. The molecule has 9 heteroatoms. The SMILES string of the molecule is CC/C=C\C/C=C\C/C=C\C/C=C\C/C=C\C/C=C\CCCCCCCCCCCCCCCCCCCCC(=O)OC(COC(=O)CCCCCCCCCCCCCCCCCCCCCCCCC/C=C\C/C=C\CCCCCCC)COC(OCC[N+](C)(C)C)C(=O)[O-]. The van der Waals surface area contributed by atoms with Crippen molar-refractivity contribution in [2.75, 3.05) is 47.5 Å². The van der Waals surface area contributed by atoms with E-state index in [1.807, 2.05) is 21.1 Å². The molecular weight excluding hydrogens is 1200 g/mol. The lowest BCUT2D eigenvalue weighted by atomic mass is 10.0. The van der Waals surface area contributed by atoms with Crippen LogP contribution in [-0.2, 0) is 33.3 Å². The summed E-state index contributed by atoms with van der Waals surface area (Å²) in [5, 5.41) is 11.9. The van der Waals surface area contributed by atoms with E-state index in [2.05, 4.69) is 111 Å². The number of carboxylic acid groups (broad SMARTS) is 1. The summed E-state index contributed by atoms with van der Waals surface area (Å²) in [6, 6.07) is 0. The van der Waals surface area contributed by atoms with E-state index in [4.69, 9.17) is 18.9 Å². The van der Waals surface area contributed by atoms with Crippen LogP contribution in [0, 0.1) is 0 Å². The number of ether oxygens (including phenoxy) is 4. The molecule has 0 saturated carbocycles. The fourth-order valence-electron chi connectivity index (χ4n) is 12.0. The second kappa shape index (κ2) is 77.9. The first kappa shape index (κ1) is 93.2. The molecular formula is C88H157NO8. The zero-order valence-electron chi connectivity index (χ0n) is 64.4. The molecule has 9 nitrogen and oxygen atoms in total. The molecule has 2 unspecified atom stereocenters. The van der Waals surface area contributed by atoms with Crippen molar-refractivity contribution in [2.24, 2.45) is 0 Å². The van der Waals surface area contributed by atoms with Gasteiger partial charge in [0, 0.05) is 12.8 Å². The third kappa shape index (κ3) is 79.4. The van der Waals surface area contributed by atoms with Gasteiger partial charge in [-0.15, -0.1) is 0 Å². The van der Waals surface area contributed by atoms with Gasteiger partial charge in [-0.3, -0.25) is 9.59 Å². The van der Waals surface area contributed by atoms with Gasteiger partial charge in [0.1, 0.15) is 13.2 Å². The minimum absolute atomic E-state index is 0.148. The summed E-state index contributed by atoms with van der Waals surface area (Å²) >= 11 is 0. The zero-order chi connectivity index (χ0) is 70.4. The zero-order valence-corrected chi connectivity index (χ0v) is 64.4. The number of unbranched alkanes of at least 4 members (excludes halogenated alkanes) is 46. The van der Waals surface area contributed by atoms with Gasteiger partial charge < -0.3 is 33.3 Å². The number of aliphatic carboxylic acids is 1. The molecule has 0 heterocycles. The first-order chi connectivity index (χ1) is 47.6. The average molecular weight is 1360 g/mol. The maximum atomic E-state index is 13.0. The molecule has 0 aromatic heterocycles. The second-order valence-corrected chi connectivity index (χ2v) is 29.0. The van der Waals surface area contributed by atoms with Crippen LogP contribution in [0.4, 0.5) is 0 Å². The third-order valence-electron chi connectivity index (χ3n) is 18.3. The van der Waals surface area contributed by atoms with Crippen LogP contribution < -0.4 is 5.11 Å². The first-order valence-electron chi connectivity index (χ1n) is 41.4. The summed E-state index contributed by atoms with van der Waals surface area (Å²) in [5.74, 6) is -2.26. The smallest absolute Gasteiger partial charge is 0.306 e. The topological polar surface area (TPSA) is 111 Å². The maximum Gasteiger partial charge on any atom is 0.306 e. The van der Waals surface area contributed by atoms with Gasteiger partial charge in [0.05, 0.1) is 40.3 Å². The largest absolute Gasteiger partial charge is 0.545 e. The highest BCUT2D eigenvalue weighted by atomic mass is 16.7. The Hall–Kier alpha value is -3.79. The van der Waals surface area contributed by atoms with Crippen LogP contribution in [0.1, 0.15) is 386 Å². The van der Waals surface area contributed by atoms with Gasteiger partial charge in [0.15, 0.2) is 12.4 Å². The third-order valence-corrected chi connectivity index (χ3v) is 18.3. The highest BCUT2D eigenvalue weighted by molar-refractivity contribution is 5.70. The van der Waals surface area contributed by atoms with Crippen LogP contribution >= 0.6 is 0 Å². The van der Waals surface area contributed by atoms with Crippen molar-refractivity contribution in [3.8, 4) is 0 Å². The fourth-order valence-corrected chi connectivity index (χ4v) is 12.0. The van der Waals surface area contributed by atoms with Crippen LogP contribution in [0.2, 0.25) is 0 Å². The van der Waals surface area contributed by atoms with E-state index in [0.29, 0.717) is 23.9 Å². The molecule has 0 aromatic rings. The van der Waals surface area contributed by atoms with E-state index in [1.165, 1.54) is 276 Å². The molecule has 0 spiro atoms. The Morgan fingerprint density at radius 3 is 0.876 bits per heavy atom. The molecule has 0 aliphatic heterocycles.